The van der Waals surface area contributed by atoms with Gasteiger partial charge in [0.15, 0.2) is 0 Å². The predicted octanol–water partition coefficient (Wildman–Crippen LogP) is 2.33. The topological polar surface area (TPSA) is 66.4 Å². The Morgan fingerprint density at radius 3 is 2.41 bits per heavy atom. The fraction of sp³-hybridized carbons (Fsp3) is 0.846. The summed E-state index contributed by atoms with van der Waals surface area (Å²) in [7, 11) is 0. The van der Waals surface area contributed by atoms with Gasteiger partial charge in [-0.05, 0) is 25.2 Å². The third kappa shape index (κ3) is 5.20. The van der Waals surface area contributed by atoms with Crippen LogP contribution in [0, 0.1) is 5.92 Å². The Morgan fingerprint density at radius 1 is 1.24 bits per heavy atom. The molecule has 1 fully saturated rings. The van der Waals surface area contributed by atoms with Crippen LogP contribution in [0.1, 0.15) is 58.3 Å². The van der Waals surface area contributed by atoms with Crippen LogP contribution in [0.15, 0.2) is 0 Å². The van der Waals surface area contributed by atoms with Gasteiger partial charge in [0.25, 0.3) is 0 Å². The second-order valence-electron chi connectivity index (χ2n) is 4.87. The highest BCUT2D eigenvalue weighted by atomic mass is 16.4. The Labute approximate surface area is 103 Å². The van der Waals surface area contributed by atoms with Gasteiger partial charge in [0.1, 0.15) is 0 Å². The van der Waals surface area contributed by atoms with Crippen molar-refractivity contribution in [1.29, 1.82) is 0 Å². The molecule has 17 heavy (non-hydrogen) atoms. The average molecular weight is 241 g/mol. The molecular weight excluding hydrogens is 218 g/mol. The number of carboxylic acid groups (broad SMARTS) is 1. The number of amides is 1. The van der Waals surface area contributed by atoms with E-state index >= 15 is 0 Å². The van der Waals surface area contributed by atoms with E-state index in [-0.39, 0.29) is 24.8 Å². The van der Waals surface area contributed by atoms with Crippen molar-refractivity contribution >= 4 is 11.9 Å². The Morgan fingerprint density at radius 2 is 1.88 bits per heavy atom. The second-order valence-corrected chi connectivity index (χ2v) is 4.87. The minimum Gasteiger partial charge on any atom is -0.481 e. The average Bonchev–Trinajstić information content (AvgIpc) is 2.34. The van der Waals surface area contributed by atoms with Gasteiger partial charge in [0.2, 0.25) is 5.91 Å². The van der Waals surface area contributed by atoms with Crippen molar-refractivity contribution in [2.75, 3.05) is 0 Å². The van der Waals surface area contributed by atoms with Gasteiger partial charge in [-0.25, -0.2) is 0 Å². The largest absolute Gasteiger partial charge is 0.481 e. The SMILES string of the molecule is CCC(NC(=O)CCC(=O)O)C1CCCCC1. The fourth-order valence-corrected chi connectivity index (χ4v) is 2.59. The smallest absolute Gasteiger partial charge is 0.303 e. The minimum absolute atomic E-state index is 0.0765. The first kappa shape index (κ1) is 14.0. The predicted molar refractivity (Wildman–Crippen MR) is 65.7 cm³/mol. The molecule has 0 bridgehead atoms. The summed E-state index contributed by atoms with van der Waals surface area (Å²) < 4.78 is 0. The number of nitrogens with one attached hydrogen (secondary N) is 1. The summed E-state index contributed by atoms with van der Waals surface area (Å²) in [6, 6.07) is 0.233. The lowest BCUT2D eigenvalue weighted by Gasteiger charge is -2.30. The molecule has 0 aromatic heterocycles. The Bertz CT molecular complexity index is 259. The molecular formula is C13H23NO3. The second kappa shape index (κ2) is 7.30. The molecule has 1 aliphatic rings. The lowest BCUT2D eigenvalue weighted by Crippen LogP contribution is -2.40. The summed E-state index contributed by atoms with van der Waals surface area (Å²) >= 11 is 0. The van der Waals surface area contributed by atoms with Crippen molar-refractivity contribution in [1.82, 2.24) is 5.32 Å². The van der Waals surface area contributed by atoms with Gasteiger partial charge in [-0.1, -0.05) is 26.2 Å². The zero-order valence-electron chi connectivity index (χ0n) is 10.6. The van der Waals surface area contributed by atoms with Crippen molar-refractivity contribution in [3.05, 3.63) is 0 Å². The van der Waals surface area contributed by atoms with E-state index in [0.29, 0.717) is 5.92 Å². The van der Waals surface area contributed by atoms with Gasteiger partial charge >= 0.3 is 5.97 Å². The van der Waals surface area contributed by atoms with Crippen molar-refractivity contribution in [2.24, 2.45) is 5.92 Å². The number of rotatable bonds is 6. The van der Waals surface area contributed by atoms with Crippen LogP contribution in [0.5, 0.6) is 0 Å². The number of carbonyl (C=O) groups is 2. The number of aliphatic carboxylic acids is 1. The molecule has 98 valence electrons. The number of carbonyl (C=O) groups excluding carboxylic acids is 1. The highest BCUT2D eigenvalue weighted by Gasteiger charge is 2.23. The third-order valence-electron chi connectivity index (χ3n) is 3.57. The number of hydrogen-bond acceptors (Lipinski definition) is 2. The molecule has 0 aromatic carbocycles. The van der Waals surface area contributed by atoms with Crippen LogP contribution in [0.2, 0.25) is 0 Å². The maximum atomic E-state index is 11.6. The molecule has 0 spiro atoms. The number of hydrogen-bond donors (Lipinski definition) is 2. The summed E-state index contributed by atoms with van der Waals surface area (Å²) in [6.07, 6.45) is 7.16. The highest BCUT2D eigenvalue weighted by molar-refractivity contribution is 5.80. The van der Waals surface area contributed by atoms with E-state index in [9.17, 15) is 9.59 Å². The van der Waals surface area contributed by atoms with Crippen molar-refractivity contribution in [3.63, 3.8) is 0 Å². The molecule has 0 aliphatic heterocycles. The van der Waals surface area contributed by atoms with Crippen LogP contribution in [0.25, 0.3) is 0 Å². The zero-order valence-corrected chi connectivity index (χ0v) is 10.6. The molecule has 4 heteroatoms. The molecule has 1 saturated carbocycles. The standard InChI is InChI=1S/C13H23NO3/c1-2-11(10-6-4-3-5-7-10)14-12(15)8-9-13(16)17/h10-11H,2-9H2,1H3,(H,14,15)(H,16,17). The lowest BCUT2D eigenvalue weighted by molar-refractivity contribution is -0.139. The van der Waals surface area contributed by atoms with Crippen molar-refractivity contribution in [3.8, 4) is 0 Å². The fourth-order valence-electron chi connectivity index (χ4n) is 2.59. The Hall–Kier alpha value is -1.06. The first-order chi connectivity index (χ1) is 8.13. The van der Waals surface area contributed by atoms with Gasteiger partial charge in [0, 0.05) is 12.5 Å². The summed E-state index contributed by atoms with van der Waals surface area (Å²) in [5.41, 5.74) is 0. The van der Waals surface area contributed by atoms with Crippen LogP contribution in [0.4, 0.5) is 0 Å². The first-order valence-corrected chi connectivity index (χ1v) is 6.64. The van der Waals surface area contributed by atoms with Crippen LogP contribution in [0.3, 0.4) is 0 Å². The summed E-state index contributed by atoms with van der Waals surface area (Å²) in [4.78, 5) is 22.0. The summed E-state index contributed by atoms with van der Waals surface area (Å²) in [5, 5.41) is 11.5. The third-order valence-corrected chi connectivity index (χ3v) is 3.57. The van der Waals surface area contributed by atoms with E-state index in [1.807, 2.05) is 0 Å². The van der Waals surface area contributed by atoms with Crippen LogP contribution in [-0.4, -0.2) is 23.0 Å². The monoisotopic (exact) mass is 241 g/mol. The normalized spacial score (nSPS) is 18.6. The van der Waals surface area contributed by atoms with E-state index in [1.54, 1.807) is 0 Å². The Kier molecular flexibility index (Phi) is 6.01. The molecule has 2 N–H and O–H groups in total. The molecule has 4 nitrogen and oxygen atoms in total. The van der Waals surface area contributed by atoms with Gasteiger partial charge in [-0.3, -0.25) is 9.59 Å². The molecule has 0 aromatic rings. The summed E-state index contributed by atoms with van der Waals surface area (Å²) in [6.45, 7) is 2.08. The molecule has 1 amide bonds. The van der Waals surface area contributed by atoms with Gasteiger partial charge < -0.3 is 10.4 Å². The van der Waals surface area contributed by atoms with Crippen LogP contribution < -0.4 is 5.32 Å². The molecule has 0 heterocycles. The molecule has 0 saturated heterocycles. The first-order valence-electron chi connectivity index (χ1n) is 6.64. The lowest BCUT2D eigenvalue weighted by atomic mass is 9.83. The quantitative estimate of drug-likeness (QED) is 0.750. The number of carboxylic acids is 1. The van der Waals surface area contributed by atoms with E-state index in [2.05, 4.69) is 12.2 Å². The molecule has 1 aliphatic carbocycles. The van der Waals surface area contributed by atoms with Gasteiger partial charge in [0.05, 0.1) is 6.42 Å². The van der Waals surface area contributed by atoms with Gasteiger partial charge in [-0.15, -0.1) is 0 Å². The summed E-state index contributed by atoms with van der Waals surface area (Å²) in [5.74, 6) is -0.446. The van der Waals surface area contributed by atoms with Crippen LogP contribution >= 0.6 is 0 Å². The van der Waals surface area contributed by atoms with E-state index in [1.165, 1.54) is 32.1 Å². The maximum Gasteiger partial charge on any atom is 0.303 e. The van der Waals surface area contributed by atoms with Crippen LogP contribution in [-0.2, 0) is 9.59 Å². The van der Waals surface area contributed by atoms with E-state index in [4.69, 9.17) is 5.11 Å². The molecule has 1 unspecified atom stereocenters. The van der Waals surface area contributed by atoms with E-state index < -0.39 is 5.97 Å². The Balaban J connectivity index is 2.34. The molecule has 1 rings (SSSR count). The molecule has 1 atom stereocenters. The highest BCUT2D eigenvalue weighted by Crippen LogP contribution is 2.27. The van der Waals surface area contributed by atoms with Crippen molar-refractivity contribution < 1.29 is 14.7 Å². The minimum atomic E-state index is -0.911. The maximum absolute atomic E-state index is 11.6. The van der Waals surface area contributed by atoms with Gasteiger partial charge in [-0.2, -0.15) is 0 Å². The van der Waals surface area contributed by atoms with Crippen molar-refractivity contribution in [2.45, 2.75) is 64.3 Å². The van der Waals surface area contributed by atoms with E-state index in [0.717, 1.165) is 6.42 Å². The molecule has 0 radical (unpaired) electrons. The zero-order chi connectivity index (χ0) is 12.7.